The zero-order valence-electron chi connectivity index (χ0n) is 9.23. The van der Waals surface area contributed by atoms with Crippen molar-refractivity contribution in [2.24, 2.45) is 0 Å². The Morgan fingerprint density at radius 2 is 2.14 bits per heavy atom. The molecule has 0 rings (SSSR count). The molecule has 14 heavy (non-hydrogen) atoms. The number of nitrogens with one attached hydrogen (secondary N) is 1. The molecule has 3 nitrogen and oxygen atoms in total. The first-order valence-corrected chi connectivity index (χ1v) is 7.62. The first-order chi connectivity index (χ1) is 6.45. The van der Waals surface area contributed by atoms with Gasteiger partial charge in [-0.3, -0.25) is 4.79 Å². The van der Waals surface area contributed by atoms with Gasteiger partial charge in [0.2, 0.25) is 5.91 Å². The first-order valence-electron chi connectivity index (χ1n) is 4.92. The summed E-state index contributed by atoms with van der Waals surface area (Å²) >= 11 is 3.10. The summed E-state index contributed by atoms with van der Waals surface area (Å²) in [6.45, 7) is 7.00. The highest BCUT2D eigenvalue weighted by Crippen LogP contribution is 2.06. The van der Waals surface area contributed by atoms with Crippen LogP contribution >= 0.6 is 15.9 Å². The van der Waals surface area contributed by atoms with Crippen molar-refractivity contribution >= 4 is 31.6 Å². The first kappa shape index (κ1) is 14.1. The van der Waals surface area contributed by atoms with Crippen molar-refractivity contribution in [2.75, 3.05) is 11.9 Å². The van der Waals surface area contributed by atoms with E-state index in [1.807, 2.05) is 0 Å². The number of hydrogen-bond acceptors (Lipinski definition) is 2. The molecule has 0 aromatic rings. The number of halogens is 1. The van der Waals surface area contributed by atoms with Crippen molar-refractivity contribution < 1.29 is 9.22 Å². The number of amides is 1. The maximum atomic E-state index is 10.8. The smallest absolute Gasteiger partial charge is 0.230 e. The summed E-state index contributed by atoms with van der Waals surface area (Å²) in [4.78, 5) is 10.8. The Hall–Kier alpha value is 0.127. The Kier molecular flexibility index (Phi) is 7.49. The van der Waals surface area contributed by atoms with Gasteiger partial charge in [-0.1, -0.05) is 15.9 Å². The maximum Gasteiger partial charge on any atom is 0.230 e. The highest BCUT2D eigenvalue weighted by atomic mass is 79.9. The van der Waals surface area contributed by atoms with Crippen molar-refractivity contribution in [3.05, 3.63) is 0 Å². The van der Waals surface area contributed by atoms with Crippen LogP contribution in [0, 0.1) is 0 Å². The molecule has 0 aromatic carbocycles. The molecular weight excluding hydrogens is 262 g/mol. The fourth-order valence-electron chi connectivity index (χ4n) is 0.880. The Labute approximate surface area is 97.0 Å². The second-order valence-corrected chi connectivity index (χ2v) is 6.12. The van der Waals surface area contributed by atoms with Gasteiger partial charge in [-0.25, -0.2) is 0 Å². The molecule has 1 amide bonds. The van der Waals surface area contributed by atoms with Gasteiger partial charge in [0, 0.05) is 12.1 Å². The molecule has 5 heteroatoms. The zero-order chi connectivity index (χ0) is 11.0. The Morgan fingerprint density at radius 3 is 2.64 bits per heavy atom. The minimum atomic E-state index is -0.407. The molecule has 0 radical (unpaired) electrons. The van der Waals surface area contributed by atoms with E-state index in [9.17, 15) is 4.79 Å². The van der Waals surface area contributed by atoms with Gasteiger partial charge in [-0.2, -0.15) is 0 Å². The molecule has 0 unspecified atom stereocenters. The molecule has 84 valence electrons. The van der Waals surface area contributed by atoms with Crippen LogP contribution in [0.25, 0.3) is 0 Å². The Balaban J connectivity index is 3.18. The average Bonchev–Trinajstić information content (AvgIpc) is 2.08. The van der Waals surface area contributed by atoms with E-state index in [1.54, 1.807) is 0 Å². The van der Waals surface area contributed by atoms with Crippen LogP contribution in [0.3, 0.4) is 0 Å². The van der Waals surface area contributed by atoms with E-state index in [4.69, 9.17) is 4.43 Å². The summed E-state index contributed by atoms with van der Waals surface area (Å²) in [5.74, 6) is 0.0587. The van der Waals surface area contributed by atoms with E-state index in [-0.39, 0.29) is 11.5 Å². The van der Waals surface area contributed by atoms with Gasteiger partial charge >= 0.3 is 0 Å². The fourth-order valence-corrected chi connectivity index (χ4v) is 2.29. The van der Waals surface area contributed by atoms with Gasteiger partial charge in [-0.05, 0) is 33.2 Å². The van der Waals surface area contributed by atoms with Crippen LogP contribution in [-0.4, -0.2) is 33.1 Å². The van der Waals surface area contributed by atoms with E-state index in [1.165, 1.54) is 0 Å². The van der Waals surface area contributed by atoms with Crippen LogP contribution in [0.4, 0.5) is 0 Å². The van der Waals surface area contributed by atoms with E-state index < -0.39 is 9.76 Å². The number of rotatable bonds is 6. The van der Waals surface area contributed by atoms with Crippen LogP contribution in [0.15, 0.2) is 0 Å². The van der Waals surface area contributed by atoms with Gasteiger partial charge in [0.05, 0.1) is 5.33 Å². The van der Waals surface area contributed by atoms with Gasteiger partial charge in [0.15, 0.2) is 9.76 Å². The SMILES string of the molecule is CC(C)(C)O[SiH2]CCCNC(=O)CBr. The third-order valence-corrected chi connectivity index (χ3v) is 3.92. The molecule has 0 saturated carbocycles. The molecule has 1 N–H and O–H groups in total. The van der Waals surface area contributed by atoms with E-state index in [2.05, 4.69) is 42.0 Å². The van der Waals surface area contributed by atoms with Crippen molar-refractivity contribution in [3.8, 4) is 0 Å². The Bertz CT molecular complexity index is 171. The standard InChI is InChI=1S/C9H20BrNO2Si/c1-9(2,3)13-14-6-4-5-11-8(12)7-10/h4-7,14H2,1-3H3,(H,11,12). The third-order valence-electron chi connectivity index (χ3n) is 1.55. The lowest BCUT2D eigenvalue weighted by Crippen LogP contribution is -2.26. The number of hydrogen-bond donors (Lipinski definition) is 1. The zero-order valence-corrected chi connectivity index (χ0v) is 12.2. The van der Waals surface area contributed by atoms with Crippen LogP contribution in [-0.2, 0) is 9.22 Å². The molecule has 0 aliphatic heterocycles. The summed E-state index contributed by atoms with van der Waals surface area (Å²) in [6, 6.07) is 1.12. The molecular formula is C9H20BrNO2Si. The topological polar surface area (TPSA) is 38.3 Å². The van der Waals surface area contributed by atoms with Crippen molar-refractivity contribution in [1.29, 1.82) is 0 Å². The average molecular weight is 282 g/mol. The van der Waals surface area contributed by atoms with Crippen LogP contribution in [0.2, 0.25) is 6.04 Å². The highest BCUT2D eigenvalue weighted by Gasteiger charge is 2.08. The molecule has 0 fully saturated rings. The minimum absolute atomic E-state index is 0.00529. The summed E-state index contributed by atoms with van der Waals surface area (Å²) < 4.78 is 5.68. The largest absolute Gasteiger partial charge is 0.419 e. The van der Waals surface area contributed by atoms with Gasteiger partial charge < -0.3 is 9.74 Å². The predicted octanol–water partition coefficient (Wildman–Crippen LogP) is 1.20. The van der Waals surface area contributed by atoms with E-state index in [0.717, 1.165) is 19.0 Å². The summed E-state index contributed by atoms with van der Waals surface area (Å²) in [5.41, 5.74) is 0.00529. The highest BCUT2D eigenvalue weighted by molar-refractivity contribution is 9.09. The quantitative estimate of drug-likeness (QED) is 0.452. The Morgan fingerprint density at radius 1 is 1.50 bits per heavy atom. The monoisotopic (exact) mass is 281 g/mol. The van der Waals surface area contributed by atoms with Crippen molar-refractivity contribution in [3.63, 3.8) is 0 Å². The van der Waals surface area contributed by atoms with Crippen molar-refractivity contribution in [1.82, 2.24) is 5.32 Å². The second kappa shape index (κ2) is 7.42. The van der Waals surface area contributed by atoms with Crippen LogP contribution < -0.4 is 5.32 Å². The maximum absolute atomic E-state index is 10.8. The molecule has 0 heterocycles. The predicted molar refractivity (Wildman–Crippen MR) is 65.6 cm³/mol. The summed E-state index contributed by atoms with van der Waals surface area (Å²) in [6.07, 6.45) is 1.03. The lowest BCUT2D eigenvalue weighted by atomic mass is 10.2. The third kappa shape index (κ3) is 10.2. The molecule has 0 saturated heterocycles. The molecule has 0 bridgehead atoms. The van der Waals surface area contributed by atoms with Crippen LogP contribution in [0.5, 0.6) is 0 Å². The van der Waals surface area contributed by atoms with E-state index in [0.29, 0.717) is 5.33 Å². The molecule has 0 aliphatic carbocycles. The number of alkyl halides is 1. The van der Waals surface area contributed by atoms with Gasteiger partial charge in [0.25, 0.3) is 0 Å². The number of carbonyl (C=O) groups excluding carboxylic acids is 1. The lowest BCUT2D eigenvalue weighted by molar-refractivity contribution is -0.118. The molecule has 0 aliphatic rings. The minimum Gasteiger partial charge on any atom is -0.419 e. The normalized spacial score (nSPS) is 12.3. The fraction of sp³-hybridized carbons (Fsp3) is 0.889. The number of carbonyl (C=O) groups is 1. The second-order valence-electron chi connectivity index (χ2n) is 4.15. The summed E-state index contributed by atoms with van der Waals surface area (Å²) in [7, 11) is -0.407. The molecule has 0 aromatic heterocycles. The summed E-state index contributed by atoms with van der Waals surface area (Å²) in [5, 5.41) is 3.20. The lowest BCUT2D eigenvalue weighted by Gasteiger charge is -2.19. The van der Waals surface area contributed by atoms with Gasteiger partial charge in [-0.15, -0.1) is 0 Å². The molecule has 0 atom stereocenters. The molecule has 0 spiro atoms. The van der Waals surface area contributed by atoms with E-state index >= 15 is 0 Å². The van der Waals surface area contributed by atoms with Gasteiger partial charge in [0.1, 0.15) is 0 Å². The van der Waals surface area contributed by atoms with Crippen LogP contribution in [0.1, 0.15) is 27.2 Å². The van der Waals surface area contributed by atoms with Crippen molar-refractivity contribution in [2.45, 2.75) is 38.8 Å².